The van der Waals surface area contributed by atoms with Gasteiger partial charge < -0.3 is 16.8 Å². The Bertz CT molecular complexity index is 612. The third kappa shape index (κ3) is 3.39. The number of H-pyrrole nitrogens is 1. The van der Waals surface area contributed by atoms with Gasteiger partial charge in [0.05, 0.1) is 28.3 Å². The molecular weight excluding hydrogens is 259 g/mol. The first-order chi connectivity index (χ1) is 8.24. The number of nitro benzene ring substituents is 1. The van der Waals surface area contributed by atoms with Crippen LogP contribution in [0.25, 0.3) is 10.9 Å². The molecule has 0 aliphatic rings. The molecule has 0 fully saturated rings. The van der Waals surface area contributed by atoms with E-state index in [1.54, 1.807) is 18.3 Å². The van der Waals surface area contributed by atoms with Crippen LogP contribution >= 0.6 is 0 Å². The number of nitrogens with zero attached hydrogens (tertiary/aromatic N) is 3. The summed E-state index contributed by atoms with van der Waals surface area (Å²) < 4.78 is 0. The Morgan fingerprint density at radius 3 is 2.67 bits per heavy atom. The van der Waals surface area contributed by atoms with E-state index in [0.717, 1.165) is 0 Å². The van der Waals surface area contributed by atoms with Gasteiger partial charge in [-0.05, 0) is 11.6 Å². The van der Waals surface area contributed by atoms with E-state index in [1.165, 1.54) is 6.07 Å². The second kappa shape index (κ2) is 7.98. The summed E-state index contributed by atoms with van der Waals surface area (Å²) in [6, 6.07) is 6.80. The Morgan fingerprint density at radius 2 is 2.11 bits per heavy atom. The second-order valence-electron chi connectivity index (χ2n) is 3.11. The maximum Gasteiger partial charge on any atom is 1.00 e. The first-order valence-electron chi connectivity index (χ1n) is 4.56. The largest absolute Gasteiger partial charge is 1.00 e. The predicted molar refractivity (Wildman–Crippen MR) is 59.2 cm³/mol. The molecule has 1 aromatic carbocycles. The molecule has 0 spiro atoms. The van der Waals surface area contributed by atoms with E-state index in [-0.39, 0.29) is 63.5 Å². The number of hydrogen-bond donors (Lipinski definition) is 1. The molecule has 1 N–H and O–H groups in total. The Morgan fingerprint density at radius 1 is 1.44 bits per heavy atom. The van der Waals surface area contributed by atoms with E-state index in [4.69, 9.17) is 17.1 Å². The number of aromatic nitrogens is 1. The standard InChI is InChI=1S/C10H7N3O2.CN.K/c11-5-4-7-6-12-8-2-1-3-9(10(7)8)13(14)15;1-2;/h1-3,6,12H,4H2;;/q;-1;+1. The zero-order valence-electron chi connectivity index (χ0n) is 9.67. The van der Waals surface area contributed by atoms with Crippen molar-refractivity contribution in [2.75, 3.05) is 0 Å². The van der Waals surface area contributed by atoms with Crippen LogP contribution < -0.4 is 51.4 Å². The number of benzene rings is 1. The summed E-state index contributed by atoms with van der Waals surface area (Å²) in [7, 11) is 0. The van der Waals surface area contributed by atoms with Crippen molar-refractivity contribution < 1.29 is 56.3 Å². The molecule has 0 aliphatic carbocycles. The van der Waals surface area contributed by atoms with Gasteiger partial charge in [-0.1, -0.05) is 6.07 Å². The maximum atomic E-state index is 10.8. The van der Waals surface area contributed by atoms with Crippen molar-refractivity contribution in [3.8, 4) is 6.07 Å². The Balaban J connectivity index is 0.000000917. The fourth-order valence-electron chi connectivity index (χ4n) is 1.61. The average molecular weight is 266 g/mol. The SMILES string of the molecule is N#CCc1c[nH]c2cccc([N+](=O)[O-])c12.[C-]#N.[K+]. The van der Waals surface area contributed by atoms with E-state index in [9.17, 15) is 10.1 Å². The van der Waals surface area contributed by atoms with Gasteiger partial charge >= 0.3 is 51.4 Å². The Hall–Kier alpha value is -1.22. The summed E-state index contributed by atoms with van der Waals surface area (Å²) >= 11 is 0. The van der Waals surface area contributed by atoms with Gasteiger partial charge in [-0.25, -0.2) is 0 Å². The summed E-state index contributed by atoms with van der Waals surface area (Å²) in [6.45, 7) is 4.75. The van der Waals surface area contributed by atoms with E-state index < -0.39 is 4.92 Å². The molecule has 0 amide bonds. The van der Waals surface area contributed by atoms with E-state index in [0.29, 0.717) is 16.5 Å². The van der Waals surface area contributed by atoms with Gasteiger partial charge in [0.15, 0.2) is 0 Å². The van der Waals surface area contributed by atoms with Crippen molar-refractivity contribution in [3.05, 3.63) is 46.6 Å². The molecule has 1 heterocycles. The molecule has 6 nitrogen and oxygen atoms in total. The number of hydrogen-bond acceptors (Lipinski definition) is 4. The number of nitriles is 1. The van der Waals surface area contributed by atoms with Crippen molar-refractivity contribution in [2.45, 2.75) is 6.42 Å². The first-order valence-corrected chi connectivity index (χ1v) is 4.56. The van der Waals surface area contributed by atoms with Gasteiger partial charge in [0, 0.05) is 12.3 Å². The molecule has 1 aromatic heterocycles. The summed E-state index contributed by atoms with van der Waals surface area (Å²) in [5.41, 5.74) is 1.40. The minimum atomic E-state index is -0.433. The topological polar surface area (TPSA) is 107 Å². The van der Waals surface area contributed by atoms with E-state index in [1.807, 2.05) is 6.07 Å². The molecule has 84 valence electrons. The van der Waals surface area contributed by atoms with Crippen LogP contribution in [0.3, 0.4) is 0 Å². The molecule has 0 saturated heterocycles. The number of rotatable bonds is 2. The molecular formula is C11H7KN4O2. The van der Waals surface area contributed by atoms with Crippen LogP contribution in [0.15, 0.2) is 24.4 Å². The smallest absolute Gasteiger partial charge is 0.512 e. The number of nitro groups is 1. The summed E-state index contributed by atoms with van der Waals surface area (Å²) in [5.74, 6) is 0. The number of non-ortho nitro benzene ring substituents is 1. The number of nitrogens with one attached hydrogen (secondary N) is 1. The van der Waals surface area contributed by atoms with Gasteiger partial charge in [-0.2, -0.15) is 5.26 Å². The van der Waals surface area contributed by atoms with Gasteiger partial charge in [-0.15, -0.1) is 0 Å². The van der Waals surface area contributed by atoms with E-state index in [2.05, 4.69) is 4.98 Å². The molecule has 7 heteroatoms. The third-order valence-electron chi connectivity index (χ3n) is 2.23. The summed E-state index contributed by atoms with van der Waals surface area (Å²) in [6.07, 6.45) is 1.81. The quantitative estimate of drug-likeness (QED) is 0.334. The molecule has 0 unspecified atom stereocenters. The first kappa shape index (κ1) is 16.8. The molecule has 18 heavy (non-hydrogen) atoms. The van der Waals surface area contributed by atoms with Gasteiger partial charge in [0.2, 0.25) is 0 Å². The van der Waals surface area contributed by atoms with E-state index >= 15 is 0 Å². The van der Waals surface area contributed by atoms with Crippen molar-refractivity contribution in [1.82, 2.24) is 4.98 Å². The van der Waals surface area contributed by atoms with Crippen molar-refractivity contribution in [2.24, 2.45) is 0 Å². The predicted octanol–water partition coefficient (Wildman–Crippen LogP) is -0.757. The van der Waals surface area contributed by atoms with Gasteiger partial charge in [0.1, 0.15) is 0 Å². The fourth-order valence-corrected chi connectivity index (χ4v) is 1.61. The van der Waals surface area contributed by atoms with Crippen molar-refractivity contribution in [3.63, 3.8) is 0 Å². The Kier molecular flexibility index (Phi) is 7.44. The maximum absolute atomic E-state index is 10.8. The molecule has 0 aliphatic heterocycles. The van der Waals surface area contributed by atoms with Gasteiger partial charge in [0.25, 0.3) is 5.69 Å². The summed E-state index contributed by atoms with van der Waals surface area (Å²) in [4.78, 5) is 13.3. The van der Waals surface area contributed by atoms with Crippen LogP contribution in [-0.4, -0.2) is 9.91 Å². The third-order valence-corrected chi connectivity index (χ3v) is 2.23. The normalized spacial score (nSPS) is 8.50. The van der Waals surface area contributed by atoms with Crippen molar-refractivity contribution >= 4 is 16.6 Å². The number of aromatic amines is 1. The van der Waals surface area contributed by atoms with Gasteiger partial charge in [-0.3, -0.25) is 10.1 Å². The zero-order valence-corrected chi connectivity index (χ0v) is 12.8. The Labute approximate surface area is 146 Å². The second-order valence-corrected chi connectivity index (χ2v) is 3.11. The molecule has 0 atom stereocenters. The van der Waals surface area contributed by atoms with Crippen LogP contribution in [-0.2, 0) is 6.42 Å². The van der Waals surface area contributed by atoms with Crippen LogP contribution in [0.4, 0.5) is 5.69 Å². The summed E-state index contributed by atoms with van der Waals surface area (Å²) in [5, 5.41) is 26.2. The van der Waals surface area contributed by atoms with Crippen LogP contribution in [0, 0.1) is 33.3 Å². The number of fused-ring (bicyclic) bond motifs is 1. The van der Waals surface area contributed by atoms with Crippen molar-refractivity contribution in [1.29, 1.82) is 10.5 Å². The monoisotopic (exact) mass is 266 g/mol. The minimum Gasteiger partial charge on any atom is -0.512 e. The molecule has 2 rings (SSSR count). The van der Waals surface area contributed by atoms with Crippen LogP contribution in [0.5, 0.6) is 0 Å². The molecule has 2 aromatic rings. The zero-order chi connectivity index (χ0) is 12.8. The minimum absolute atomic E-state index is 0. The van der Waals surface area contributed by atoms with Crippen LogP contribution in [0.1, 0.15) is 5.56 Å². The van der Waals surface area contributed by atoms with Crippen LogP contribution in [0.2, 0.25) is 0 Å². The fraction of sp³-hybridized carbons (Fsp3) is 0.0909. The average Bonchev–Trinajstić information content (AvgIpc) is 2.75. The molecule has 0 radical (unpaired) electrons. The molecule has 0 bridgehead atoms. The molecule has 0 saturated carbocycles.